The standard InChI is InChI=1S/C21H18F2N2O3S/c22-19-9-8-16(14-20(19)23)29(27,28)25-12-10-24(11-13-25)21(26)18-7-3-5-15-4-1-2-6-17(15)18/h1-9,14H,10-13H2. The number of nitrogens with zero attached hydrogens (tertiary/aromatic N) is 2. The summed E-state index contributed by atoms with van der Waals surface area (Å²) in [6.07, 6.45) is 0. The molecule has 0 N–H and O–H groups in total. The summed E-state index contributed by atoms with van der Waals surface area (Å²) in [5.41, 5.74) is 0.569. The number of hydrogen-bond acceptors (Lipinski definition) is 3. The van der Waals surface area contributed by atoms with Crippen molar-refractivity contribution in [3.8, 4) is 0 Å². The van der Waals surface area contributed by atoms with Gasteiger partial charge in [-0.15, -0.1) is 0 Å². The van der Waals surface area contributed by atoms with E-state index in [1.807, 2.05) is 36.4 Å². The van der Waals surface area contributed by atoms with Crippen molar-refractivity contribution in [3.63, 3.8) is 0 Å². The van der Waals surface area contributed by atoms with E-state index in [-0.39, 0.29) is 37.0 Å². The topological polar surface area (TPSA) is 57.7 Å². The van der Waals surface area contributed by atoms with Gasteiger partial charge in [0.2, 0.25) is 10.0 Å². The maximum atomic E-state index is 13.4. The zero-order chi connectivity index (χ0) is 20.6. The van der Waals surface area contributed by atoms with Crippen molar-refractivity contribution in [1.29, 1.82) is 0 Å². The molecule has 8 heteroatoms. The van der Waals surface area contributed by atoms with Crippen molar-refractivity contribution in [2.75, 3.05) is 26.2 Å². The quantitative estimate of drug-likeness (QED) is 0.659. The zero-order valence-corrected chi connectivity index (χ0v) is 16.2. The van der Waals surface area contributed by atoms with Crippen molar-refractivity contribution in [3.05, 3.63) is 77.9 Å². The Morgan fingerprint density at radius 2 is 1.52 bits per heavy atom. The fraction of sp³-hybridized carbons (Fsp3) is 0.190. The van der Waals surface area contributed by atoms with E-state index in [1.165, 1.54) is 4.31 Å². The second kappa shape index (κ2) is 7.53. The van der Waals surface area contributed by atoms with E-state index in [4.69, 9.17) is 0 Å². The van der Waals surface area contributed by atoms with Gasteiger partial charge in [-0.2, -0.15) is 4.31 Å². The van der Waals surface area contributed by atoms with Crippen LogP contribution in [0.25, 0.3) is 10.8 Å². The van der Waals surface area contributed by atoms with Gasteiger partial charge in [-0.1, -0.05) is 36.4 Å². The minimum absolute atomic E-state index is 0.0812. The molecule has 0 atom stereocenters. The van der Waals surface area contributed by atoms with Crippen LogP contribution in [-0.2, 0) is 10.0 Å². The molecule has 3 aromatic rings. The van der Waals surface area contributed by atoms with Crippen LogP contribution in [-0.4, -0.2) is 49.7 Å². The Morgan fingerprint density at radius 3 is 2.24 bits per heavy atom. The predicted octanol–water partition coefficient (Wildman–Crippen LogP) is 3.26. The SMILES string of the molecule is O=C(c1cccc2ccccc12)N1CCN(S(=O)(=O)c2ccc(F)c(F)c2)CC1. The Hall–Kier alpha value is -2.84. The molecule has 1 saturated heterocycles. The van der Waals surface area contributed by atoms with Gasteiger partial charge in [-0.25, -0.2) is 17.2 Å². The normalized spacial score (nSPS) is 15.6. The molecule has 0 spiro atoms. The summed E-state index contributed by atoms with van der Waals surface area (Å²) in [7, 11) is -3.96. The number of piperazine rings is 1. The second-order valence-corrected chi connectivity index (χ2v) is 8.74. The van der Waals surface area contributed by atoms with E-state index in [9.17, 15) is 22.0 Å². The lowest BCUT2D eigenvalue weighted by Crippen LogP contribution is -2.50. The third-order valence-electron chi connectivity index (χ3n) is 5.07. The Morgan fingerprint density at radius 1 is 0.828 bits per heavy atom. The van der Waals surface area contributed by atoms with Crippen LogP contribution >= 0.6 is 0 Å². The fourth-order valence-electron chi connectivity index (χ4n) is 3.50. The van der Waals surface area contributed by atoms with E-state index < -0.39 is 21.7 Å². The first-order valence-corrected chi connectivity index (χ1v) is 10.5. The molecule has 0 aromatic heterocycles. The van der Waals surface area contributed by atoms with Crippen molar-refractivity contribution < 1.29 is 22.0 Å². The predicted molar refractivity (Wildman–Crippen MR) is 105 cm³/mol. The summed E-state index contributed by atoms with van der Waals surface area (Å²) in [5, 5.41) is 1.80. The lowest BCUT2D eigenvalue weighted by molar-refractivity contribution is 0.0700. The first kappa shape index (κ1) is 19.5. The molecule has 29 heavy (non-hydrogen) atoms. The zero-order valence-electron chi connectivity index (χ0n) is 15.4. The molecule has 0 unspecified atom stereocenters. The second-order valence-electron chi connectivity index (χ2n) is 6.80. The number of hydrogen-bond donors (Lipinski definition) is 0. The molecule has 0 aliphatic carbocycles. The maximum Gasteiger partial charge on any atom is 0.254 e. The van der Waals surface area contributed by atoms with Crippen LogP contribution in [0.1, 0.15) is 10.4 Å². The minimum atomic E-state index is -3.96. The Kier molecular flexibility index (Phi) is 5.06. The molecule has 4 rings (SSSR count). The molecular weight excluding hydrogens is 398 g/mol. The third kappa shape index (κ3) is 3.61. The molecule has 1 fully saturated rings. The molecular formula is C21H18F2N2O3S. The number of carbonyl (C=O) groups excluding carboxylic acids is 1. The number of halogens is 2. The molecule has 0 radical (unpaired) electrons. The van der Waals surface area contributed by atoms with Gasteiger partial charge in [0.1, 0.15) is 0 Å². The van der Waals surface area contributed by atoms with Gasteiger partial charge >= 0.3 is 0 Å². The molecule has 0 bridgehead atoms. The average Bonchev–Trinajstić information content (AvgIpc) is 2.74. The van der Waals surface area contributed by atoms with E-state index >= 15 is 0 Å². The van der Waals surface area contributed by atoms with Gasteiger partial charge in [-0.05, 0) is 35.0 Å². The summed E-state index contributed by atoms with van der Waals surface area (Å²) in [5.74, 6) is -2.48. The minimum Gasteiger partial charge on any atom is -0.336 e. The molecule has 1 aliphatic heterocycles. The van der Waals surface area contributed by atoms with Crippen LogP contribution in [0.4, 0.5) is 8.78 Å². The van der Waals surface area contributed by atoms with Gasteiger partial charge in [0, 0.05) is 31.7 Å². The van der Waals surface area contributed by atoms with Crippen molar-refractivity contribution in [2.24, 2.45) is 0 Å². The van der Waals surface area contributed by atoms with Gasteiger partial charge < -0.3 is 4.90 Å². The van der Waals surface area contributed by atoms with Crippen molar-refractivity contribution in [2.45, 2.75) is 4.90 Å². The highest BCUT2D eigenvalue weighted by Crippen LogP contribution is 2.23. The Balaban J connectivity index is 1.51. The number of carbonyl (C=O) groups is 1. The highest BCUT2D eigenvalue weighted by molar-refractivity contribution is 7.89. The van der Waals surface area contributed by atoms with Gasteiger partial charge in [0.05, 0.1) is 4.90 Å². The largest absolute Gasteiger partial charge is 0.336 e. The van der Waals surface area contributed by atoms with Crippen LogP contribution in [0.15, 0.2) is 65.6 Å². The molecule has 5 nitrogen and oxygen atoms in total. The summed E-state index contributed by atoms with van der Waals surface area (Å²) in [4.78, 5) is 14.3. The average molecular weight is 416 g/mol. The number of fused-ring (bicyclic) bond motifs is 1. The van der Waals surface area contributed by atoms with Crippen LogP contribution in [0, 0.1) is 11.6 Å². The van der Waals surface area contributed by atoms with E-state index in [1.54, 1.807) is 11.0 Å². The molecule has 1 amide bonds. The molecule has 0 saturated carbocycles. The lowest BCUT2D eigenvalue weighted by Gasteiger charge is -2.34. The van der Waals surface area contributed by atoms with Gasteiger partial charge in [0.25, 0.3) is 5.91 Å². The fourth-order valence-corrected chi connectivity index (χ4v) is 4.93. The van der Waals surface area contributed by atoms with E-state index in [2.05, 4.69) is 0 Å². The van der Waals surface area contributed by atoms with Crippen molar-refractivity contribution >= 4 is 26.7 Å². The molecule has 1 heterocycles. The van der Waals surface area contributed by atoms with Gasteiger partial charge in [0.15, 0.2) is 11.6 Å². The molecule has 1 aliphatic rings. The molecule has 150 valence electrons. The maximum absolute atomic E-state index is 13.4. The van der Waals surface area contributed by atoms with E-state index in [0.29, 0.717) is 11.6 Å². The third-order valence-corrected chi connectivity index (χ3v) is 6.97. The smallest absolute Gasteiger partial charge is 0.254 e. The number of benzene rings is 3. The Bertz CT molecular complexity index is 1180. The van der Waals surface area contributed by atoms with Crippen LogP contribution in [0.2, 0.25) is 0 Å². The van der Waals surface area contributed by atoms with Crippen LogP contribution in [0.3, 0.4) is 0 Å². The van der Waals surface area contributed by atoms with Crippen LogP contribution < -0.4 is 0 Å². The molecule has 3 aromatic carbocycles. The first-order valence-electron chi connectivity index (χ1n) is 9.10. The highest BCUT2D eigenvalue weighted by Gasteiger charge is 2.31. The summed E-state index contributed by atoms with van der Waals surface area (Å²) in [6.45, 7) is 0.589. The summed E-state index contributed by atoms with van der Waals surface area (Å²) >= 11 is 0. The van der Waals surface area contributed by atoms with Crippen molar-refractivity contribution in [1.82, 2.24) is 9.21 Å². The monoisotopic (exact) mass is 416 g/mol. The van der Waals surface area contributed by atoms with Gasteiger partial charge in [-0.3, -0.25) is 4.79 Å². The number of rotatable bonds is 3. The number of sulfonamides is 1. The summed E-state index contributed by atoms with van der Waals surface area (Å²) in [6, 6.07) is 15.6. The van der Waals surface area contributed by atoms with Crippen LogP contribution in [0.5, 0.6) is 0 Å². The summed E-state index contributed by atoms with van der Waals surface area (Å²) < 4.78 is 53.2. The van der Waals surface area contributed by atoms with E-state index in [0.717, 1.165) is 22.9 Å². The highest BCUT2D eigenvalue weighted by atomic mass is 32.2. The Labute approximate surface area is 167 Å². The lowest BCUT2D eigenvalue weighted by atomic mass is 10.0. The number of amides is 1. The first-order chi connectivity index (χ1) is 13.9.